The maximum absolute atomic E-state index is 12.9. The van der Waals surface area contributed by atoms with Crippen LogP contribution in [0.25, 0.3) is 0 Å². The number of alkyl halides is 3. The Kier molecular flexibility index (Phi) is 6.24. The zero-order valence-corrected chi connectivity index (χ0v) is 14.9. The average molecular weight is 393 g/mol. The summed E-state index contributed by atoms with van der Waals surface area (Å²) in [5.74, 6) is -4.53. The molecule has 2 heterocycles. The van der Waals surface area contributed by atoms with Gasteiger partial charge in [-0.15, -0.1) is 0 Å². The van der Waals surface area contributed by atoms with Crippen LogP contribution in [0.4, 0.5) is 13.2 Å². The lowest BCUT2D eigenvalue weighted by molar-refractivity contribution is -0.189. The number of hydrazine groups is 1. The van der Waals surface area contributed by atoms with Gasteiger partial charge in [0.05, 0.1) is 18.0 Å². The van der Waals surface area contributed by atoms with E-state index in [0.29, 0.717) is 6.42 Å². The number of carbonyl (C=O) groups excluding carboxylic acids is 1. The monoisotopic (exact) mass is 393 g/mol. The molecule has 2 aliphatic heterocycles. The minimum atomic E-state index is -4.41. The summed E-state index contributed by atoms with van der Waals surface area (Å²) in [5, 5.41) is 15.2. The van der Waals surface area contributed by atoms with Crippen LogP contribution in [-0.2, 0) is 9.59 Å². The van der Waals surface area contributed by atoms with E-state index in [9.17, 15) is 27.9 Å². The van der Waals surface area contributed by atoms with E-state index in [4.69, 9.17) is 0 Å². The molecule has 8 nitrogen and oxygen atoms in total. The molecule has 0 aromatic carbocycles. The Morgan fingerprint density at radius 2 is 1.89 bits per heavy atom. The molecule has 3 rings (SSSR count). The van der Waals surface area contributed by atoms with Crippen molar-refractivity contribution in [2.75, 3.05) is 19.8 Å². The smallest absolute Gasteiger partial charge is 0.391 e. The topological polar surface area (TPSA) is 106 Å². The highest BCUT2D eigenvalue weighted by Crippen LogP contribution is 2.40. The van der Waals surface area contributed by atoms with E-state index < -0.39 is 42.5 Å². The second kappa shape index (κ2) is 8.29. The minimum Gasteiger partial charge on any atom is -0.481 e. The van der Waals surface area contributed by atoms with Crippen molar-refractivity contribution in [1.82, 2.24) is 26.4 Å². The zero-order chi connectivity index (χ0) is 19.6. The van der Waals surface area contributed by atoms with E-state index in [-0.39, 0.29) is 24.9 Å². The Bertz CT molecular complexity index is 548. The standard InChI is InChI=1S/C16H26F3N5O3/c17-16(18,19)9-1-2-11(10(7-9)15(26)27)21-14(25)12-3-4-13(23-22-12)24-6-5-20-8-24/h9-13,20,22-23H,1-8H2,(H,21,25)(H,26,27). The molecule has 27 heavy (non-hydrogen) atoms. The van der Waals surface area contributed by atoms with Crippen molar-refractivity contribution in [3.05, 3.63) is 0 Å². The number of hydrogen-bond donors (Lipinski definition) is 5. The van der Waals surface area contributed by atoms with Gasteiger partial charge in [-0.05, 0) is 32.1 Å². The molecule has 1 aliphatic carbocycles. The molecular formula is C16H26F3N5O3. The Morgan fingerprint density at radius 3 is 2.44 bits per heavy atom. The lowest BCUT2D eigenvalue weighted by Crippen LogP contribution is -2.62. The number of nitrogens with zero attached hydrogens (tertiary/aromatic N) is 1. The van der Waals surface area contributed by atoms with Crippen LogP contribution in [0.3, 0.4) is 0 Å². The molecule has 5 N–H and O–H groups in total. The molecule has 11 heteroatoms. The highest BCUT2D eigenvalue weighted by molar-refractivity contribution is 5.83. The number of carboxylic acids is 1. The van der Waals surface area contributed by atoms with Gasteiger partial charge in [0, 0.05) is 25.8 Å². The van der Waals surface area contributed by atoms with Gasteiger partial charge < -0.3 is 15.7 Å². The van der Waals surface area contributed by atoms with Crippen LogP contribution >= 0.6 is 0 Å². The first-order chi connectivity index (χ1) is 12.8. The van der Waals surface area contributed by atoms with Crippen molar-refractivity contribution in [3.8, 4) is 0 Å². The Labute approximate surface area is 155 Å². The van der Waals surface area contributed by atoms with Crippen LogP contribution in [-0.4, -0.2) is 66.1 Å². The zero-order valence-electron chi connectivity index (χ0n) is 14.9. The van der Waals surface area contributed by atoms with Gasteiger partial charge in [0.1, 0.15) is 6.04 Å². The van der Waals surface area contributed by atoms with E-state index in [0.717, 1.165) is 26.2 Å². The number of nitrogens with one attached hydrogen (secondary N) is 4. The lowest BCUT2D eigenvalue weighted by Gasteiger charge is -2.38. The van der Waals surface area contributed by atoms with Gasteiger partial charge >= 0.3 is 12.1 Å². The van der Waals surface area contributed by atoms with Crippen LogP contribution in [0.15, 0.2) is 0 Å². The van der Waals surface area contributed by atoms with Crippen LogP contribution in [0.1, 0.15) is 32.1 Å². The fourth-order valence-electron chi connectivity index (χ4n) is 4.12. The third kappa shape index (κ3) is 4.89. The van der Waals surface area contributed by atoms with Gasteiger partial charge in [-0.2, -0.15) is 13.2 Å². The van der Waals surface area contributed by atoms with Crippen molar-refractivity contribution in [2.24, 2.45) is 11.8 Å². The molecule has 0 radical (unpaired) electrons. The predicted molar refractivity (Wildman–Crippen MR) is 89.1 cm³/mol. The van der Waals surface area contributed by atoms with Gasteiger partial charge in [-0.25, -0.2) is 10.9 Å². The molecule has 1 amide bonds. The summed E-state index contributed by atoms with van der Waals surface area (Å²) in [6, 6.07) is -1.32. The van der Waals surface area contributed by atoms with Crippen molar-refractivity contribution < 1.29 is 27.9 Å². The first kappa shape index (κ1) is 20.3. The van der Waals surface area contributed by atoms with E-state index in [1.54, 1.807) is 0 Å². The number of amides is 1. The molecule has 0 spiro atoms. The number of aliphatic carboxylic acids is 1. The van der Waals surface area contributed by atoms with E-state index in [1.807, 2.05) is 0 Å². The van der Waals surface area contributed by atoms with Gasteiger partial charge in [0.25, 0.3) is 0 Å². The van der Waals surface area contributed by atoms with E-state index >= 15 is 0 Å². The highest BCUT2D eigenvalue weighted by Gasteiger charge is 2.47. The lowest BCUT2D eigenvalue weighted by atomic mass is 9.77. The molecule has 3 aliphatic rings. The number of carboxylic acid groups (broad SMARTS) is 1. The van der Waals surface area contributed by atoms with Crippen LogP contribution in [0.2, 0.25) is 0 Å². The Hall–Kier alpha value is -1.43. The molecule has 0 aromatic heterocycles. The third-order valence-corrected chi connectivity index (χ3v) is 5.76. The second-order valence-electron chi connectivity index (χ2n) is 7.52. The summed E-state index contributed by atoms with van der Waals surface area (Å²) in [6.07, 6.45) is -3.64. The minimum absolute atomic E-state index is 0.00903. The number of rotatable bonds is 4. The number of carbonyl (C=O) groups is 2. The normalized spacial score (nSPS) is 35.7. The Morgan fingerprint density at radius 1 is 1.11 bits per heavy atom. The first-order valence-corrected chi connectivity index (χ1v) is 9.31. The van der Waals surface area contributed by atoms with Crippen molar-refractivity contribution in [1.29, 1.82) is 0 Å². The number of halogens is 3. The Balaban J connectivity index is 1.51. The fourth-order valence-corrected chi connectivity index (χ4v) is 4.12. The molecule has 5 atom stereocenters. The molecule has 5 unspecified atom stereocenters. The van der Waals surface area contributed by atoms with Crippen LogP contribution in [0, 0.1) is 11.8 Å². The van der Waals surface area contributed by atoms with E-state index in [1.165, 1.54) is 0 Å². The molecule has 0 aromatic rings. The van der Waals surface area contributed by atoms with Gasteiger partial charge in [0.15, 0.2) is 0 Å². The summed E-state index contributed by atoms with van der Waals surface area (Å²) in [6.45, 7) is 2.61. The second-order valence-corrected chi connectivity index (χ2v) is 7.52. The average Bonchev–Trinajstić information content (AvgIpc) is 3.15. The maximum Gasteiger partial charge on any atom is 0.391 e. The summed E-state index contributed by atoms with van der Waals surface area (Å²) in [4.78, 5) is 26.1. The van der Waals surface area contributed by atoms with Crippen LogP contribution in [0.5, 0.6) is 0 Å². The molecule has 2 saturated heterocycles. The summed E-state index contributed by atoms with van der Waals surface area (Å²) >= 11 is 0. The highest BCUT2D eigenvalue weighted by atomic mass is 19.4. The maximum atomic E-state index is 12.9. The SMILES string of the molecule is O=C(NC1CCC(C(F)(F)F)CC1C(=O)O)C1CCC(N2CCNC2)NN1. The predicted octanol–water partition coefficient (Wildman–Crippen LogP) is -0.0202. The third-order valence-electron chi connectivity index (χ3n) is 5.76. The quantitative estimate of drug-likeness (QED) is 0.457. The number of hydrogen-bond acceptors (Lipinski definition) is 6. The van der Waals surface area contributed by atoms with Crippen molar-refractivity contribution >= 4 is 11.9 Å². The van der Waals surface area contributed by atoms with Gasteiger partial charge in [0.2, 0.25) is 5.91 Å². The fraction of sp³-hybridized carbons (Fsp3) is 0.875. The first-order valence-electron chi connectivity index (χ1n) is 9.31. The van der Waals surface area contributed by atoms with E-state index in [2.05, 4.69) is 26.4 Å². The molecule has 154 valence electrons. The molecule has 0 bridgehead atoms. The van der Waals surface area contributed by atoms with Gasteiger partial charge in [-0.3, -0.25) is 14.5 Å². The van der Waals surface area contributed by atoms with Crippen molar-refractivity contribution in [2.45, 2.75) is 56.5 Å². The summed E-state index contributed by atoms with van der Waals surface area (Å²) < 4.78 is 38.7. The van der Waals surface area contributed by atoms with Gasteiger partial charge in [-0.1, -0.05) is 0 Å². The summed E-state index contributed by atoms with van der Waals surface area (Å²) in [7, 11) is 0. The molecule has 3 fully saturated rings. The molecule has 1 saturated carbocycles. The summed E-state index contributed by atoms with van der Waals surface area (Å²) in [5.41, 5.74) is 6.05. The molecular weight excluding hydrogens is 367 g/mol. The largest absolute Gasteiger partial charge is 0.481 e. The van der Waals surface area contributed by atoms with Crippen molar-refractivity contribution in [3.63, 3.8) is 0 Å². The van der Waals surface area contributed by atoms with Crippen LogP contribution < -0.4 is 21.5 Å².